The van der Waals surface area contributed by atoms with Crippen LogP contribution < -0.4 is 0 Å². The maximum atomic E-state index is 8.06. The molecule has 0 fully saturated rings. The van der Waals surface area contributed by atoms with Crippen molar-refractivity contribution in [1.82, 2.24) is 0 Å². The van der Waals surface area contributed by atoms with Crippen molar-refractivity contribution < 1.29 is 14.2 Å². The standard InChI is InChI=1S/C4H9O2.Co.3HI/c5-3-1-2-4-6;;;;/h1,5-6H,2-4H2;;3*1H/q-1;+3;;;/p-3. The van der Waals surface area contributed by atoms with Gasteiger partial charge in [-0.3, -0.25) is 0 Å². The Bertz CT molecular complexity index is 49.0. The van der Waals surface area contributed by atoms with E-state index in [1.165, 1.54) is 0 Å². The quantitative estimate of drug-likeness (QED) is 0.335. The average molecular weight is 529 g/mol. The van der Waals surface area contributed by atoms with E-state index in [-0.39, 0.29) is 13.2 Å². The molecule has 0 radical (unpaired) electrons. The molecule has 0 amide bonds. The number of aliphatic hydroxyl groups is 2. The fourth-order valence-corrected chi connectivity index (χ4v) is 0.183. The molecule has 0 saturated heterocycles. The third-order valence-electron chi connectivity index (χ3n) is 0.462. The molecular weight excluding hydrogens is 520 g/mol. The Morgan fingerprint density at radius 1 is 1.20 bits per heavy atom. The van der Waals surface area contributed by atoms with Crippen molar-refractivity contribution in [2.24, 2.45) is 0 Å². The summed E-state index contributed by atoms with van der Waals surface area (Å²) in [6, 6.07) is 0. The predicted molar refractivity (Wildman–Crippen MR) is 65.1 cm³/mol. The first-order valence-electron chi connectivity index (χ1n) is 2.33. The Morgan fingerprint density at radius 3 is 1.70 bits per heavy atom. The van der Waals surface area contributed by atoms with Crippen molar-refractivity contribution in [3.63, 3.8) is 0 Å². The average Bonchev–Trinajstić information content (AvgIpc) is 1.82. The summed E-state index contributed by atoms with van der Waals surface area (Å²) in [6.45, 7) is 0.209. The number of rotatable bonds is 3. The van der Waals surface area contributed by atoms with Gasteiger partial charge in [0.2, 0.25) is 0 Å². The monoisotopic (exact) mass is 529 g/mol. The van der Waals surface area contributed by atoms with Crippen LogP contribution in [0.3, 0.4) is 0 Å². The molecule has 0 heterocycles. The van der Waals surface area contributed by atoms with Crippen molar-refractivity contribution >= 4 is 61.2 Å². The first kappa shape index (κ1) is 15.1. The molecule has 0 aliphatic carbocycles. The van der Waals surface area contributed by atoms with Crippen LogP contribution in [0.2, 0.25) is 0 Å². The third kappa shape index (κ3) is 31.1. The molecule has 0 rings (SSSR count). The van der Waals surface area contributed by atoms with E-state index in [1.807, 2.05) is 0 Å². The van der Waals surface area contributed by atoms with E-state index in [2.05, 4.69) is 61.2 Å². The van der Waals surface area contributed by atoms with E-state index in [9.17, 15) is 0 Å². The summed E-state index contributed by atoms with van der Waals surface area (Å²) >= 11 is 7.14. The van der Waals surface area contributed by atoms with Crippen LogP contribution in [0.4, 0.5) is 0 Å². The molecule has 0 saturated carbocycles. The van der Waals surface area contributed by atoms with Crippen LogP contribution in [0, 0.1) is 6.42 Å². The first-order valence-corrected chi connectivity index (χ1v) is 12.4. The van der Waals surface area contributed by atoms with E-state index >= 15 is 0 Å². The summed E-state index contributed by atoms with van der Waals surface area (Å²) in [7, 11) is 0. The molecule has 0 aromatic rings. The van der Waals surface area contributed by atoms with Gasteiger partial charge in [-0.2, -0.15) is 6.42 Å². The van der Waals surface area contributed by atoms with Gasteiger partial charge in [0.1, 0.15) is 0 Å². The Balaban J connectivity index is 0. The number of hydrogen-bond donors (Lipinski definition) is 2. The van der Waals surface area contributed by atoms with Gasteiger partial charge in [0.05, 0.1) is 0 Å². The molecule has 68 valence electrons. The van der Waals surface area contributed by atoms with Crippen molar-refractivity contribution in [2.45, 2.75) is 6.42 Å². The van der Waals surface area contributed by atoms with Crippen molar-refractivity contribution in [3.05, 3.63) is 6.42 Å². The van der Waals surface area contributed by atoms with Crippen LogP contribution >= 0.6 is 61.2 Å². The summed E-state index contributed by atoms with van der Waals surface area (Å²) in [5.74, 6) is 0. The van der Waals surface area contributed by atoms with Gasteiger partial charge < -0.3 is 16.6 Å². The van der Waals surface area contributed by atoms with Gasteiger partial charge >= 0.3 is 65.3 Å². The van der Waals surface area contributed by atoms with Crippen LogP contribution in [-0.2, 0) is 4.00 Å². The van der Waals surface area contributed by atoms with E-state index < -0.39 is 0 Å². The molecule has 10 heavy (non-hydrogen) atoms. The van der Waals surface area contributed by atoms with Gasteiger partial charge in [0.15, 0.2) is 0 Å². The van der Waals surface area contributed by atoms with Gasteiger partial charge in [-0.05, 0) is 0 Å². The topological polar surface area (TPSA) is 40.5 Å². The zero-order valence-corrected chi connectivity index (χ0v) is 12.6. The van der Waals surface area contributed by atoms with E-state index in [0.29, 0.717) is 10.4 Å². The second-order valence-electron chi connectivity index (χ2n) is 1.13. The maximum absolute atomic E-state index is 8.06. The third-order valence-corrected chi connectivity index (χ3v) is 0.462. The van der Waals surface area contributed by atoms with E-state index in [0.717, 1.165) is 0 Å². The van der Waals surface area contributed by atoms with Crippen LogP contribution in [0.25, 0.3) is 0 Å². The molecule has 0 aliphatic heterocycles. The molecular formula is C4H9CoI3O2-. The Labute approximate surface area is 99.7 Å². The summed E-state index contributed by atoms with van der Waals surface area (Å²) in [6.07, 6.45) is 2.20. The van der Waals surface area contributed by atoms with Gasteiger partial charge in [-0.1, -0.05) is 6.61 Å². The Hall–Kier alpha value is 2.62. The van der Waals surface area contributed by atoms with Gasteiger partial charge in [0.25, 0.3) is 0 Å². The minimum atomic E-state index is 0.0700. The molecule has 0 bridgehead atoms. The SMILES string of the molecule is OC[CH-]CCO.[I][Co]([I])[I]. The van der Waals surface area contributed by atoms with Crippen molar-refractivity contribution in [1.29, 1.82) is 0 Å². The van der Waals surface area contributed by atoms with Gasteiger partial charge in [-0.15, -0.1) is 0 Å². The number of unbranched alkanes of at least 4 members (excludes halogenated alkanes) is 1. The van der Waals surface area contributed by atoms with E-state index in [4.69, 9.17) is 10.2 Å². The van der Waals surface area contributed by atoms with Gasteiger partial charge in [-0.25, -0.2) is 0 Å². The number of aliphatic hydroxyl groups excluding tert-OH is 2. The van der Waals surface area contributed by atoms with Crippen molar-refractivity contribution in [3.8, 4) is 0 Å². The summed E-state index contributed by atoms with van der Waals surface area (Å²) in [5.41, 5.74) is 0. The predicted octanol–water partition coefficient (Wildman–Crippen LogP) is 2.22. The summed E-state index contributed by atoms with van der Waals surface area (Å²) in [5, 5.41) is 16.1. The fourth-order valence-electron chi connectivity index (χ4n) is 0.183. The molecule has 0 atom stereocenters. The molecule has 2 N–H and O–H groups in total. The zero-order chi connectivity index (χ0) is 8.41. The summed E-state index contributed by atoms with van der Waals surface area (Å²) in [4.78, 5) is 0. The minimum absolute atomic E-state index is 0.0700. The molecule has 0 unspecified atom stereocenters. The molecule has 2 nitrogen and oxygen atoms in total. The van der Waals surface area contributed by atoms with Crippen LogP contribution in [0.1, 0.15) is 6.42 Å². The van der Waals surface area contributed by atoms with Gasteiger partial charge in [0, 0.05) is 6.61 Å². The van der Waals surface area contributed by atoms with Crippen LogP contribution in [-0.4, -0.2) is 23.4 Å². The van der Waals surface area contributed by atoms with E-state index in [1.54, 1.807) is 6.42 Å². The zero-order valence-electron chi connectivity index (χ0n) is 5.06. The summed E-state index contributed by atoms with van der Waals surface area (Å²) < 4.78 is 0.306. The number of hydrogen-bond acceptors (Lipinski definition) is 2. The molecule has 6 heteroatoms. The molecule has 0 aromatic heterocycles. The fraction of sp³-hybridized carbons (Fsp3) is 0.750. The second-order valence-corrected chi connectivity index (χ2v) is 27.5. The molecule has 0 spiro atoms. The Morgan fingerprint density at radius 2 is 1.60 bits per heavy atom. The normalized spacial score (nSPS) is 9.90. The van der Waals surface area contributed by atoms with Crippen LogP contribution in [0.5, 0.6) is 0 Å². The Kier molecular flexibility index (Phi) is 21.4. The number of halogens is 3. The second kappa shape index (κ2) is 14.2. The van der Waals surface area contributed by atoms with Crippen molar-refractivity contribution in [2.75, 3.05) is 13.2 Å². The van der Waals surface area contributed by atoms with Crippen LogP contribution in [0.15, 0.2) is 0 Å². The molecule has 0 aliphatic rings. The molecule has 0 aromatic carbocycles. The first-order chi connectivity index (χ1) is 4.65.